The molecule has 0 saturated heterocycles. The molecule has 5 nitrogen and oxygen atoms in total. The zero-order valence-electron chi connectivity index (χ0n) is 5.62. The average molecular weight is 178 g/mol. The van der Waals surface area contributed by atoms with Crippen molar-refractivity contribution >= 4 is 6.16 Å². The Morgan fingerprint density at radius 1 is 1.75 bits per heavy atom. The molecule has 1 heterocycles. The quantitative estimate of drug-likeness (QED) is 0.671. The van der Waals surface area contributed by atoms with Crippen LogP contribution < -0.4 is 4.74 Å². The van der Waals surface area contributed by atoms with Crippen molar-refractivity contribution in [1.29, 1.82) is 0 Å². The molecular weight excluding hydrogens is 174 g/mol. The SMILES string of the molecule is O=C(O)Oc1c[nH]nc1C(F)F. The van der Waals surface area contributed by atoms with Crippen LogP contribution in [0.25, 0.3) is 0 Å². The maximum Gasteiger partial charge on any atom is 0.511 e. The van der Waals surface area contributed by atoms with E-state index >= 15 is 0 Å². The van der Waals surface area contributed by atoms with E-state index in [1.807, 2.05) is 0 Å². The number of carboxylic acid groups (broad SMARTS) is 1. The first kappa shape index (κ1) is 8.44. The Morgan fingerprint density at radius 2 is 2.42 bits per heavy atom. The molecule has 0 saturated carbocycles. The lowest BCUT2D eigenvalue weighted by atomic mass is 10.4. The fraction of sp³-hybridized carbons (Fsp3) is 0.200. The number of rotatable bonds is 2. The summed E-state index contributed by atoms with van der Waals surface area (Å²) in [7, 11) is 0. The third kappa shape index (κ3) is 1.68. The molecule has 2 N–H and O–H groups in total. The van der Waals surface area contributed by atoms with E-state index < -0.39 is 24.0 Å². The number of nitrogens with zero attached hydrogens (tertiary/aromatic N) is 1. The Hall–Kier alpha value is -1.66. The molecule has 12 heavy (non-hydrogen) atoms. The van der Waals surface area contributed by atoms with Gasteiger partial charge < -0.3 is 9.84 Å². The third-order valence-electron chi connectivity index (χ3n) is 1.04. The van der Waals surface area contributed by atoms with Gasteiger partial charge in [-0.15, -0.1) is 0 Å². The van der Waals surface area contributed by atoms with Crippen LogP contribution in [0.1, 0.15) is 12.1 Å². The number of hydrogen-bond acceptors (Lipinski definition) is 3. The number of ether oxygens (including phenoxy) is 1. The van der Waals surface area contributed by atoms with Crippen LogP contribution in [0, 0.1) is 0 Å². The monoisotopic (exact) mass is 178 g/mol. The Kier molecular flexibility index (Phi) is 2.22. The van der Waals surface area contributed by atoms with Crippen molar-refractivity contribution in [3.8, 4) is 5.75 Å². The lowest BCUT2D eigenvalue weighted by molar-refractivity contribution is 0.129. The van der Waals surface area contributed by atoms with Crippen molar-refractivity contribution in [2.45, 2.75) is 6.43 Å². The number of halogens is 2. The minimum absolute atomic E-state index is 0.475. The van der Waals surface area contributed by atoms with Gasteiger partial charge in [0.15, 0.2) is 11.4 Å². The highest BCUT2D eigenvalue weighted by Gasteiger charge is 2.19. The topological polar surface area (TPSA) is 75.2 Å². The zero-order chi connectivity index (χ0) is 9.14. The van der Waals surface area contributed by atoms with Crippen molar-refractivity contribution in [2.75, 3.05) is 0 Å². The van der Waals surface area contributed by atoms with Crippen LogP contribution in [-0.2, 0) is 0 Å². The fourth-order valence-corrected chi connectivity index (χ4v) is 0.622. The zero-order valence-corrected chi connectivity index (χ0v) is 5.62. The van der Waals surface area contributed by atoms with Gasteiger partial charge >= 0.3 is 6.16 Å². The predicted molar refractivity (Wildman–Crippen MR) is 32.2 cm³/mol. The fourth-order valence-electron chi connectivity index (χ4n) is 0.622. The Morgan fingerprint density at radius 3 is 2.92 bits per heavy atom. The molecule has 0 atom stereocenters. The van der Waals surface area contributed by atoms with Crippen molar-refractivity contribution in [2.24, 2.45) is 0 Å². The van der Waals surface area contributed by atoms with Crippen LogP contribution in [0.5, 0.6) is 5.75 Å². The van der Waals surface area contributed by atoms with Crippen molar-refractivity contribution in [3.05, 3.63) is 11.9 Å². The molecule has 0 aliphatic heterocycles. The summed E-state index contributed by atoms with van der Waals surface area (Å²) in [5.41, 5.74) is -0.711. The highest BCUT2D eigenvalue weighted by Crippen LogP contribution is 2.25. The molecule has 66 valence electrons. The van der Waals surface area contributed by atoms with Crippen LogP contribution in [0.2, 0.25) is 0 Å². The van der Waals surface area contributed by atoms with E-state index in [9.17, 15) is 13.6 Å². The molecule has 0 aliphatic rings. The van der Waals surface area contributed by atoms with E-state index in [2.05, 4.69) is 14.9 Å². The van der Waals surface area contributed by atoms with Gasteiger partial charge in [0.25, 0.3) is 6.43 Å². The summed E-state index contributed by atoms with van der Waals surface area (Å²) < 4.78 is 27.9. The van der Waals surface area contributed by atoms with E-state index in [1.54, 1.807) is 0 Å². The van der Waals surface area contributed by atoms with Crippen LogP contribution >= 0.6 is 0 Å². The predicted octanol–water partition coefficient (Wildman–Crippen LogP) is 1.40. The molecule has 0 aliphatic carbocycles. The number of H-pyrrole nitrogens is 1. The van der Waals surface area contributed by atoms with E-state index in [0.717, 1.165) is 6.20 Å². The number of aromatic nitrogens is 2. The Balaban J connectivity index is 2.84. The maximum absolute atomic E-state index is 12.0. The summed E-state index contributed by atoms with van der Waals surface area (Å²) in [6, 6.07) is 0. The lowest BCUT2D eigenvalue weighted by Crippen LogP contribution is -2.04. The Labute approximate surface area is 65.0 Å². The van der Waals surface area contributed by atoms with Gasteiger partial charge in [-0.2, -0.15) is 5.10 Å². The second-order valence-electron chi connectivity index (χ2n) is 1.80. The molecular formula is C5H4F2N2O3. The van der Waals surface area contributed by atoms with Gasteiger partial charge in [-0.3, -0.25) is 5.10 Å². The summed E-state index contributed by atoms with van der Waals surface area (Å²) in [5, 5.41) is 13.3. The largest absolute Gasteiger partial charge is 0.511 e. The molecule has 7 heteroatoms. The highest BCUT2D eigenvalue weighted by atomic mass is 19.3. The first-order valence-electron chi connectivity index (χ1n) is 2.84. The molecule has 1 aromatic heterocycles. The van der Waals surface area contributed by atoms with E-state index in [1.165, 1.54) is 0 Å². The second kappa shape index (κ2) is 3.16. The summed E-state index contributed by atoms with van der Waals surface area (Å²) in [5.74, 6) is -0.475. The molecule has 0 radical (unpaired) electrons. The number of nitrogens with one attached hydrogen (secondary N) is 1. The standard InChI is InChI=1S/C5H4F2N2O3/c6-4(7)3-2(1-8-9-3)12-5(10)11/h1,4H,(H,8,9)(H,10,11). The molecule has 0 spiro atoms. The van der Waals surface area contributed by atoms with Gasteiger partial charge in [-0.05, 0) is 0 Å². The van der Waals surface area contributed by atoms with Crippen LogP contribution in [-0.4, -0.2) is 21.5 Å². The van der Waals surface area contributed by atoms with Crippen LogP contribution in [0.3, 0.4) is 0 Å². The van der Waals surface area contributed by atoms with Gasteiger partial charge in [0.1, 0.15) is 0 Å². The van der Waals surface area contributed by atoms with Gasteiger partial charge in [0.2, 0.25) is 0 Å². The van der Waals surface area contributed by atoms with Gasteiger partial charge in [0.05, 0.1) is 6.20 Å². The average Bonchev–Trinajstić information content (AvgIpc) is 2.33. The van der Waals surface area contributed by atoms with E-state index in [-0.39, 0.29) is 0 Å². The molecule has 0 unspecified atom stereocenters. The first-order valence-corrected chi connectivity index (χ1v) is 2.84. The Bertz CT molecular complexity index is 286. The van der Waals surface area contributed by atoms with E-state index in [0.29, 0.717) is 0 Å². The minimum Gasteiger partial charge on any atom is -0.449 e. The van der Waals surface area contributed by atoms with Crippen molar-refractivity contribution < 1.29 is 23.4 Å². The smallest absolute Gasteiger partial charge is 0.449 e. The third-order valence-corrected chi connectivity index (χ3v) is 1.04. The van der Waals surface area contributed by atoms with Crippen molar-refractivity contribution in [1.82, 2.24) is 10.2 Å². The molecule has 1 rings (SSSR count). The summed E-state index contributed by atoms with van der Waals surface area (Å²) in [4.78, 5) is 9.93. The summed E-state index contributed by atoms with van der Waals surface area (Å²) >= 11 is 0. The van der Waals surface area contributed by atoms with Gasteiger partial charge in [-0.1, -0.05) is 0 Å². The lowest BCUT2D eigenvalue weighted by Gasteiger charge is -1.97. The number of hydrogen-bond donors (Lipinski definition) is 2. The van der Waals surface area contributed by atoms with Crippen LogP contribution in [0.4, 0.5) is 13.6 Å². The summed E-state index contributed by atoms with van der Waals surface area (Å²) in [6.45, 7) is 0. The van der Waals surface area contributed by atoms with Crippen molar-refractivity contribution in [3.63, 3.8) is 0 Å². The number of carbonyl (C=O) groups is 1. The number of alkyl halides is 2. The maximum atomic E-state index is 12.0. The van der Waals surface area contributed by atoms with Gasteiger partial charge in [0, 0.05) is 0 Å². The molecule has 0 aromatic carbocycles. The highest BCUT2D eigenvalue weighted by molar-refractivity contribution is 5.61. The first-order chi connectivity index (χ1) is 5.61. The summed E-state index contributed by atoms with van der Waals surface area (Å²) in [6.07, 6.45) is -3.57. The number of aromatic amines is 1. The molecule has 1 aromatic rings. The normalized spacial score (nSPS) is 10.2. The minimum atomic E-state index is -2.86. The van der Waals surface area contributed by atoms with Crippen LogP contribution in [0.15, 0.2) is 6.20 Å². The molecule has 0 fully saturated rings. The second-order valence-corrected chi connectivity index (χ2v) is 1.80. The van der Waals surface area contributed by atoms with Gasteiger partial charge in [-0.25, -0.2) is 13.6 Å². The molecule has 0 amide bonds. The molecule has 0 bridgehead atoms. The van der Waals surface area contributed by atoms with E-state index in [4.69, 9.17) is 5.11 Å².